The highest BCUT2D eigenvalue weighted by molar-refractivity contribution is 5.95. The van der Waals surface area contributed by atoms with Crippen molar-refractivity contribution in [2.45, 2.75) is 38.3 Å². The highest BCUT2D eigenvalue weighted by Crippen LogP contribution is 2.39. The van der Waals surface area contributed by atoms with Crippen molar-refractivity contribution in [3.05, 3.63) is 41.9 Å². The second-order valence-corrected chi connectivity index (χ2v) is 8.26. The van der Waals surface area contributed by atoms with E-state index < -0.39 is 0 Å². The number of para-hydroxylation sites is 2. The minimum Gasteiger partial charge on any atom is -0.493 e. The zero-order valence-corrected chi connectivity index (χ0v) is 17.3. The smallest absolute Gasteiger partial charge is 0.292 e. The van der Waals surface area contributed by atoms with Crippen molar-refractivity contribution in [2.75, 3.05) is 25.5 Å². The van der Waals surface area contributed by atoms with E-state index in [0.29, 0.717) is 36.1 Å². The number of hydrogen-bond acceptors (Lipinski definition) is 7. The van der Waals surface area contributed by atoms with Gasteiger partial charge in [0.1, 0.15) is 17.7 Å². The van der Waals surface area contributed by atoms with Gasteiger partial charge in [0.15, 0.2) is 11.5 Å². The van der Waals surface area contributed by atoms with Crippen molar-refractivity contribution in [3.63, 3.8) is 0 Å². The number of carbonyl (C=O) groups excluding carboxylic acids is 1. The Hall–Kier alpha value is -3.29. The van der Waals surface area contributed by atoms with E-state index in [1.807, 2.05) is 37.3 Å². The molecule has 3 aromatic rings. The van der Waals surface area contributed by atoms with Crippen molar-refractivity contribution in [3.8, 4) is 11.5 Å². The van der Waals surface area contributed by atoms with Gasteiger partial charge in [0, 0.05) is 5.54 Å². The van der Waals surface area contributed by atoms with Gasteiger partial charge in [-0.25, -0.2) is 4.98 Å². The summed E-state index contributed by atoms with van der Waals surface area (Å²) in [6.45, 7) is 4.94. The summed E-state index contributed by atoms with van der Waals surface area (Å²) in [6, 6.07) is 9.39. The molecule has 1 saturated heterocycles. The molecule has 8 heteroatoms. The number of nitrogens with one attached hydrogen (secondary N) is 1. The summed E-state index contributed by atoms with van der Waals surface area (Å²) in [7, 11) is 1.61. The van der Waals surface area contributed by atoms with Crippen molar-refractivity contribution in [1.82, 2.24) is 14.9 Å². The van der Waals surface area contributed by atoms with Crippen LogP contribution in [0.4, 0.5) is 5.82 Å². The summed E-state index contributed by atoms with van der Waals surface area (Å²) in [5, 5.41) is 4.26. The molecule has 1 aliphatic heterocycles. The van der Waals surface area contributed by atoms with E-state index in [4.69, 9.17) is 13.9 Å². The minimum atomic E-state index is -0.227. The molecule has 0 bridgehead atoms. The molecule has 0 unspecified atom stereocenters. The third-order valence-corrected chi connectivity index (χ3v) is 5.63. The van der Waals surface area contributed by atoms with Crippen LogP contribution in [-0.2, 0) is 0 Å². The number of fused-ring (bicyclic) bond motifs is 1. The van der Waals surface area contributed by atoms with Crippen molar-refractivity contribution in [1.29, 1.82) is 0 Å². The lowest BCUT2D eigenvalue weighted by Crippen LogP contribution is -2.56. The molecule has 156 valence electrons. The van der Waals surface area contributed by atoms with Crippen LogP contribution >= 0.6 is 0 Å². The number of aromatic nitrogens is 2. The van der Waals surface area contributed by atoms with E-state index in [1.165, 1.54) is 0 Å². The average Bonchev–Trinajstić information content (AvgIpc) is 3.29. The molecule has 1 aromatic carbocycles. The fraction of sp³-hybridized carbons (Fsp3) is 0.409. The lowest BCUT2D eigenvalue weighted by Gasteiger charge is -2.38. The zero-order chi connectivity index (χ0) is 20.9. The predicted octanol–water partition coefficient (Wildman–Crippen LogP) is 3.41. The molecule has 1 amide bonds. The third-order valence-electron chi connectivity index (χ3n) is 5.63. The monoisotopic (exact) mass is 408 g/mol. The molecule has 2 aliphatic rings. The summed E-state index contributed by atoms with van der Waals surface area (Å²) in [5.41, 5.74) is 0.456. The Morgan fingerprint density at radius 2 is 1.97 bits per heavy atom. The molecular formula is C22H24N4O4. The molecule has 3 heterocycles. The maximum absolute atomic E-state index is 13.0. The average molecular weight is 408 g/mol. The number of methoxy groups -OCH3 is 1. The molecule has 30 heavy (non-hydrogen) atoms. The van der Waals surface area contributed by atoms with Crippen LogP contribution in [-0.4, -0.2) is 52.6 Å². The number of furan rings is 1. The van der Waals surface area contributed by atoms with Crippen LogP contribution in [0.1, 0.15) is 36.1 Å². The number of anilines is 1. The molecule has 0 radical (unpaired) electrons. The summed E-state index contributed by atoms with van der Waals surface area (Å²) in [4.78, 5) is 23.6. The molecular weight excluding hydrogens is 384 g/mol. The summed E-state index contributed by atoms with van der Waals surface area (Å²) >= 11 is 0. The summed E-state index contributed by atoms with van der Waals surface area (Å²) < 4.78 is 17.0. The van der Waals surface area contributed by atoms with Crippen LogP contribution in [0.15, 0.2) is 34.7 Å². The third kappa shape index (κ3) is 3.42. The number of ether oxygens (including phenoxy) is 2. The van der Waals surface area contributed by atoms with E-state index in [2.05, 4.69) is 22.2 Å². The molecule has 2 fully saturated rings. The van der Waals surface area contributed by atoms with E-state index >= 15 is 0 Å². The van der Waals surface area contributed by atoms with E-state index in [9.17, 15) is 4.79 Å². The first kappa shape index (κ1) is 18.7. The lowest BCUT2D eigenvalue weighted by molar-refractivity contribution is 0.0160. The molecule has 2 aromatic heterocycles. The number of hydrogen-bond donors (Lipinski definition) is 1. The van der Waals surface area contributed by atoms with Gasteiger partial charge in [0.2, 0.25) is 11.5 Å². The molecule has 1 aliphatic carbocycles. The Balaban J connectivity index is 1.32. The van der Waals surface area contributed by atoms with Crippen LogP contribution in [0, 0.1) is 6.92 Å². The Bertz CT molecular complexity index is 1120. The Morgan fingerprint density at radius 1 is 1.23 bits per heavy atom. The maximum Gasteiger partial charge on any atom is 0.292 e. The van der Waals surface area contributed by atoms with Gasteiger partial charge < -0.3 is 24.1 Å². The first-order chi connectivity index (χ1) is 14.4. The summed E-state index contributed by atoms with van der Waals surface area (Å²) in [6.07, 6.45) is 2.06. The van der Waals surface area contributed by atoms with Crippen molar-refractivity contribution >= 4 is 22.8 Å². The van der Waals surface area contributed by atoms with Crippen LogP contribution in [0.5, 0.6) is 11.5 Å². The number of nitrogens with zero attached hydrogens (tertiary/aromatic N) is 3. The second kappa shape index (κ2) is 6.90. The number of likely N-dealkylation sites (tertiary alicyclic amines) is 1. The minimum absolute atomic E-state index is 0.0250. The van der Waals surface area contributed by atoms with Crippen molar-refractivity contribution < 1.29 is 18.7 Å². The van der Waals surface area contributed by atoms with Gasteiger partial charge in [-0.2, -0.15) is 4.98 Å². The van der Waals surface area contributed by atoms with Gasteiger partial charge in [-0.3, -0.25) is 4.79 Å². The van der Waals surface area contributed by atoms with E-state index in [0.717, 1.165) is 24.0 Å². The highest BCUT2D eigenvalue weighted by Gasteiger charge is 2.39. The Kier molecular flexibility index (Phi) is 4.30. The number of aryl methyl sites for hydroxylation is 1. The number of carbonyl (C=O) groups is 1. The van der Waals surface area contributed by atoms with Crippen LogP contribution in [0.2, 0.25) is 0 Å². The SMILES string of the molecule is COc1ccccc1OC1CN(C(=O)c2nc(NC3(C)CC3)c3cc(C)oc3n2)C1. The van der Waals surface area contributed by atoms with Gasteiger partial charge in [-0.05, 0) is 44.9 Å². The summed E-state index contributed by atoms with van der Waals surface area (Å²) in [5.74, 6) is 2.65. The Morgan fingerprint density at radius 3 is 2.67 bits per heavy atom. The van der Waals surface area contributed by atoms with Crippen molar-refractivity contribution in [2.24, 2.45) is 0 Å². The van der Waals surface area contributed by atoms with Crippen LogP contribution in [0.25, 0.3) is 11.1 Å². The van der Waals surface area contributed by atoms with E-state index in [-0.39, 0.29) is 23.4 Å². The number of rotatable bonds is 6. The fourth-order valence-electron chi connectivity index (χ4n) is 3.55. The first-order valence-electron chi connectivity index (χ1n) is 10.1. The number of benzene rings is 1. The Labute approximate surface area is 174 Å². The van der Waals surface area contributed by atoms with Gasteiger partial charge in [0.25, 0.3) is 5.91 Å². The highest BCUT2D eigenvalue weighted by atomic mass is 16.5. The topological polar surface area (TPSA) is 89.7 Å². The zero-order valence-electron chi connectivity index (χ0n) is 17.3. The molecule has 1 saturated carbocycles. The van der Waals surface area contributed by atoms with Gasteiger partial charge >= 0.3 is 0 Å². The standard InChI is InChI=1S/C22H24N4O4/c1-13-10-15-18(25-22(2)8-9-22)23-19(24-20(15)29-13)21(27)26-11-14(12-26)30-17-7-5-4-6-16(17)28-3/h4-7,10,14H,8-9,11-12H2,1-3H3,(H,23,24,25). The van der Waals surface area contributed by atoms with E-state index in [1.54, 1.807) is 12.0 Å². The maximum atomic E-state index is 13.0. The first-order valence-corrected chi connectivity index (χ1v) is 10.1. The van der Waals surface area contributed by atoms with Gasteiger partial charge in [-0.15, -0.1) is 0 Å². The molecule has 1 N–H and O–H groups in total. The van der Waals surface area contributed by atoms with Gasteiger partial charge in [-0.1, -0.05) is 12.1 Å². The normalized spacial score (nSPS) is 17.5. The quantitative estimate of drug-likeness (QED) is 0.668. The largest absolute Gasteiger partial charge is 0.493 e. The molecule has 0 spiro atoms. The molecule has 0 atom stereocenters. The second-order valence-electron chi connectivity index (χ2n) is 8.26. The van der Waals surface area contributed by atoms with Crippen LogP contribution in [0.3, 0.4) is 0 Å². The lowest BCUT2D eigenvalue weighted by atomic mass is 10.1. The van der Waals surface area contributed by atoms with Gasteiger partial charge in [0.05, 0.1) is 25.6 Å². The fourth-order valence-corrected chi connectivity index (χ4v) is 3.55. The predicted molar refractivity (Wildman–Crippen MR) is 111 cm³/mol. The molecule has 8 nitrogen and oxygen atoms in total. The molecule has 5 rings (SSSR count). The number of amides is 1. The van der Waals surface area contributed by atoms with Crippen LogP contribution < -0.4 is 14.8 Å².